The first kappa shape index (κ1) is 26.7. The van der Waals surface area contributed by atoms with Crippen molar-refractivity contribution in [2.24, 2.45) is 0 Å². The van der Waals surface area contributed by atoms with Gasteiger partial charge in [-0.15, -0.1) is 0 Å². The van der Waals surface area contributed by atoms with E-state index in [0.29, 0.717) is 24.5 Å². The predicted octanol–water partition coefficient (Wildman–Crippen LogP) is 4.32. The molecule has 3 aromatic rings. The monoisotopic (exact) mass is 560 g/mol. The number of aryl methyl sites for hydroxylation is 1. The van der Waals surface area contributed by atoms with Gasteiger partial charge in [0, 0.05) is 17.6 Å². The molecule has 1 N–H and O–H groups in total. The standard InChI is InChI=1S/C26H29BrN2O5S/c1-19-4-11-23(12-5-19)35(31,32)29(17-21-6-9-22(27)10-7-21)18-26(30)28-15-14-20-8-13-24(33-2)25(16-20)34-3/h4-13,16H,14-15,17-18H2,1-3H3,(H,28,30). The van der Waals surface area contributed by atoms with Gasteiger partial charge in [0.05, 0.1) is 25.7 Å². The van der Waals surface area contributed by atoms with Gasteiger partial charge in [-0.2, -0.15) is 4.31 Å². The molecule has 0 aromatic heterocycles. The fourth-order valence-corrected chi connectivity index (χ4v) is 5.13. The molecule has 0 atom stereocenters. The maximum Gasteiger partial charge on any atom is 0.243 e. The molecule has 3 rings (SSSR count). The van der Waals surface area contributed by atoms with Crippen LogP contribution in [0.5, 0.6) is 11.5 Å². The summed E-state index contributed by atoms with van der Waals surface area (Å²) in [6.07, 6.45) is 0.559. The zero-order chi connectivity index (χ0) is 25.4. The van der Waals surface area contributed by atoms with Crippen molar-refractivity contribution in [3.8, 4) is 11.5 Å². The highest BCUT2D eigenvalue weighted by atomic mass is 79.9. The number of halogens is 1. The van der Waals surface area contributed by atoms with Crippen molar-refractivity contribution in [2.75, 3.05) is 27.3 Å². The van der Waals surface area contributed by atoms with Gasteiger partial charge in [0.1, 0.15) is 0 Å². The van der Waals surface area contributed by atoms with E-state index in [2.05, 4.69) is 21.2 Å². The van der Waals surface area contributed by atoms with Crippen LogP contribution in [0.1, 0.15) is 16.7 Å². The van der Waals surface area contributed by atoms with E-state index in [0.717, 1.165) is 21.2 Å². The quantitative estimate of drug-likeness (QED) is 0.377. The van der Waals surface area contributed by atoms with E-state index in [9.17, 15) is 13.2 Å². The van der Waals surface area contributed by atoms with Crippen LogP contribution < -0.4 is 14.8 Å². The Morgan fingerprint density at radius 3 is 2.17 bits per heavy atom. The first-order valence-electron chi connectivity index (χ1n) is 11.0. The van der Waals surface area contributed by atoms with E-state index >= 15 is 0 Å². The minimum Gasteiger partial charge on any atom is -0.493 e. The molecule has 0 radical (unpaired) electrons. The third-order valence-electron chi connectivity index (χ3n) is 5.43. The fraction of sp³-hybridized carbons (Fsp3) is 0.269. The molecule has 7 nitrogen and oxygen atoms in total. The second-order valence-corrected chi connectivity index (χ2v) is 10.9. The first-order valence-corrected chi connectivity index (χ1v) is 13.2. The van der Waals surface area contributed by atoms with Crippen molar-refractivity contribution in [1.29, 1.82) is 0 Å². The molecule has 0 aliphatic rings. The predicted molar refractivity (Wildman–Crippen MR) is 139 cm³/mol. The van der Waals surface area contributed by atoms with Gasteiger partial charge in [-0.05, 0) is 60.9 Å². The third-order valence-corrected chi connectivity index (χ3v) is 7.77. The number of amides is 1. The molecule has 3 aromatic carbocycles. The van der Waals surface area contributed by atoms with Crippen molar-refractivity contribution < 1.29 is 22.7 Å². The number of nitrogens with one attached hydrogen (secondary N) is 1. The SMILES string of the molecule is COc1ccc(CCNC(=O)CN(Cc2ccc(Br)cc2)S(=O)(=O)c2ccc(C)cc2)cc1OC. The van der Waals surface area contributed by atoms with Crippen LogP contribution in [0.4, 0.5) is 0 Å². The summed E-state index contributed by atoms with van der Waals surface area (Å²) < 4.78 is 39.4. The summed E-state index contributed by atoms with van der Waals surface area (Å²) in [4.78, 5) is 12.9. The van der Waals surface area contributed by atoms with Gasteiger partial charge < -0.3 is 14.8 Å². The molecule has 35 heavy (non-hydrogen) atoms. The summed E-state index contributed by atoms with van der Waals surface area (Å²) in [6, 6.07) is 19.5. The van der Waals surface area contributed by atoms with Crippen molar-refractivity contribution in [3.63, 3.8) is 0 Å². The normalized spacial score (nSPS) is 11.3. The van der Waals surface area contributed by atoms with E-state index in [1.165, 1.54) is 4.31 Å². The lowest BCUT2D eigenvalue weighted by atomic mass is 10.1. The third kappa shape index (κ3) is 7.30. The Morgan fingerprint density at radius 1 is 0.914 bits per heavy atom. The Labute approximate surface area is 215 Å². The number of hydrogen-bond donors (Lipinski definition) is 1. The molecule has 0 fully saturated rings. The van der Waals surface area contributed by atoms with Crippen LogP contribution in [0.2, 0.25) is 0 Å². The van der Waals surface area contributed by atoms with E-state index in [4.69, 9.17) is 9.47 Å². The van der Waals surface area contributed by atoms with E-state index in [-0.39, 0.29) is 23.9 Å². The minimum absolute atomic E-state index is 0.0760. The first-order chi connectivity index (χ1) is 16.7. The van der Waals surface area contributed by atoms with E-state index in [1.54, 1.807) is 38.5 Å². The minimum atomic E-state index is -3.88. The second kappa shape index (κ2) is 12.2. The molecule has 0 saturated heterocycles. The van der Waals surface area contributed by atoms with E-state index < -0.39 is 10.0 Å². The maximum absolute atomic E-state index is 13.4. The smallest absolute Gasteiger partial charge is 0.243 e. The van der Waals surface area contributed by atoms with Crippen molar-refractivity contribution in [2.45, 2.75) is 24.8 Å². The van der Waals surface area contributed by atoms with Crippen molar-refractivity contribution >= 4 is 31.9 Å². The van der Waals surface area contributed by atoms with Crippen molar-refractivity contribution in [1.82, 2.24) is 9.62 Å². The van der Waals surface area contributed by atoms with Gasteiger partial charge in [-0.1, -0.05) is 51.8 Å². The molecular weight excluding hydrogens is 532 g/mol. The van der Waals surface area contributed by atoms with Crippen LogP contribution >= 0.6 is 15.9 Å². The zero-order valence-electron chi connectivity index (χ0n) is 20.0. The molecule has 9 heteroatoms. The Kier molecular flexibility index (Phi) is 9.31. The van der Waals surface area contributed by atoms with Gasteiger partial charge in [0.2, 0.25) is 15.9 Å². The average Bonchev–Trinajstić information content (AvgIpc) is 2.85. The summed E-state index contributed by atoms with van der Waals surface area (Å²) in [7, 11) is -0.746. The summed E-state index contributed by atoms with van der Waals surface area (Å²) >= 11 is 3.39. The average molecular weight is 561 g/mol. The molecule has 0 unspecified atom stereocenters. The van der Waals surface area contributed by atoms with Crippen LogP contribution in [0.15, 0.2) is 76.1 Å². The molecule has 186 valence electrons. The maximum atomic E-state index is 13.4. The molecule has 0 aliphatic carbocycles. The number of nitrogens with zero attached hydrogens (tertiary/aromatic N) is 1. The van der Waals surface area contributed by atoms with Crippen molar-refractivity contribution in [3.05, 3.63) is 87.9 Å². The lowest BCUT2D eigenvalue weighted by Crippen LogP contribution is -2.40. The Bertz CT molecular complexity index is 1250. The number of methoxy groups -OCH3 is 2. The molecule has 0 bridgehead atoms. The van der Waals surface area contributed by atoms with Crippen LogP contribution in [0.3, 0.4) is 0 Å². The van der Waals surface area contributed by atoms with E-state index in [1.807, 2.05) is 49.4 Å². The summed E-state index contributed by atoms with van der Waals surface area (Å²) in [5, 5.41) is 2.83. The van der Waals surface area contributed by atoms with Gasteiger partial charge in [0.25, 0.3) is 0 Å². The lowest BCUT2D eigenvalue weighted by molar-refractivity contribution is -0.121. The van der Waals surface area contributed by atoms with Gasteiger partial charge in [-0.25, -0.2) is 8.42 Å². The molecule has 0 aliphatic heterocycles. The van der Waals surface area contributed by atoms with Crippen LogP contribution in [-0.2, 0) is 27.8 Å². The lowest BCUT2D eigenvalue weighted by Gasteiger charge is -2.22. The number of rotatable bonds is 11. The Morgan fingerprint density at radius 2 is 1.54 bits per heavy atom. The zero-order valence-corrected chi connectivity index (χ0v) is 22.4. The van der Waals surface area contributed by atoms with Crippen LogP contribution in [-0.4, -0.2) is 45.9 Å². The number of ether oxygens (including phenoxy) is 2. The molecule has 1 amide bonds. The highest BCUT2D eigenvalue weighted by Gasteiger charge is 2.27. The summed E-state index contributed by atoms with van der Waals surface area (Å²) in [5.74, 6) is 0.865. The number of carbonyl (C=O) groups is 1. The highest BCUT2D eigenvalue weighted by molar-refractivity contribution is 9.10. The Balaban J connectivity index is 1.71. The number of carbonyl (C=O) groups excluding carboxylic acids is 1. The second-order valence-electron chi connectivity index (χ2n) is 8.00. The van der Waals surface area contributed by atoms with Crippen LogP contribution in [0, 0.1) is 6.92 Å². The van der Waals surface area contributed by atoms with Crippen LogP contribution in [0.25, 0.3) is 0 Å². The largest absolute Gasteiger partial charge is 0.493 e. The Hall–Kier alpha value is -2.88. The topological polar surface area (TPSA) is 84.9 Å². The van der Waals surface area contributed by atoms with Gasteiger partial charge >= 0.3 is 0 Å². The molecule has 0 heterocycles. The summed E-state index contributed by atoms with van der Waals surface area (Å²) in [5.41, 5.74) is 2.69. The molecule has 0 saturated carbocycles. The number of sulfonamides is 1. The number of benzene rings is 3. The summed E-state index contributed by atoms with van der Waals surface area (Å²) in [6.45, 7) is 2.03. The highest BCUT2D eigenvalue weighted by Crippen LogP contribution is 2.27. The number of hydrogen-bond acceptors (Lipinski definition) is 5. The molecular formula is C26H29BrN2O5S. The van der Waals surface area contributed by atoms with Gasteiger partial charge in [-0.3, -0.25) is 4.79 Å². The molecule has 0 spiro atoms. The van der Waals surface area contributed by atoms with Gasteiger partial charge in [0.15, 0.2) is 11.5 Å². The fourth-order valence-electron chi connectivity index (χ4n) is 3.48.